The van der Waals surface area contributed by atoms with Gasteiger partial charge >= 0.3 is 6.03 Å². The molecule has 0 spiro atoms. The molecule has 6 heteroatoms. The Morgan fingerprint density at radius 3 is 2.32 bits per heavy atom. The van der Waals surface area contributed by atoms with Crippen molar-refractivity contribution in [3.63, 3.8) is 0 Å². The van der Waals surface area contributed by atoms with Crippen LogP contribution in [0.3, 0.4) is 0 Å². The van der Waals surface area contributed by atoms with Gasteiger partial charge in [-0.2, -0.15) is 0 Å². The van der Waals surface area contributed by atoms with Crippen molar-refractivity contribution in [3.05, 3.63) is 0 Å². The maximum absolute atomic E-state index is 11.6. The van der Waals surface area contributed by atoms with Gasteiger partial charge in [0.2, 0.25) is 0 Å². The quantitative estimate of drug-likeness (QED) is 0.556. The smallest absolute Gasteiger partial charge is 0.314 e. The van der Waals surface area contributed by atoms with Crippen LogP contribution in [-0.2, 0) is 4.79 Å². The Kier molecular flexibility index (Phi) is 10.1. The molecule has 0 aromatic rings. The zero-order valence-electron chi connectivity index (χ0n) is 12.6. The predicted octanol–water partition coefficient (Wildman–Crippen LogP) is 0.147. The molecule has 0 aromatic heterocycles. The van der Waals surface area contributed by atoms with Crippen molar-refractivity contribution in [3.8, 4) is 0 Å². The molecule has 6 nitrogen and oxygen atoms in total. The molecule has 0 heterocycles. The van der Waals surface area contributed by atoms with Crippen molar-refractivity contribution in [2.45, 2.75) is 26.3 Å². The number of urea groups is 1. The first kappa shape index (κ1) is 17.9. The van der Waals surface area contributed by atoms with E-state index in [-0.39, 0.29) is 12.1 Å². The van der Waals surface area contributed by atoms with Crippen LogP contribution < -0.4 is 10.6 Å². The third-order valence-corrected chi connectivity index (χ3v) is 3.20. The third-order valence-electron chi connectivity index (χ3n) is 3.20. The highest BCUT2D eigenvalue weighted by molar-refractivity contribution is 5.73. The minimum atomic E-state index is -0.176. The molecule has 2 N–H and O–H groups in total. The molecule has 0 aromatic carbocycles. The van der Waals surface area contributed by atoms with Gasteiger partial charge in [0.15, 0.2) is 0 Å². The van der Waals surface area contributed by atoms with Crippen molar-refractivity contribution < 1.29 is 9.59 Å². The van der Waals surface area contributed by atoms with Crippen LogP contribution in [0.2, 0.25) is 0 Å². The van der Waals surface area contributed by atoms with Crippen molar-refractivity contribution >= 4 is 12.3 Å². The summed E-state index contributed by atoms with van der Waals surface area (Å²) in [4.78, 5) is 26.3. The molecule has 1 atom stereocenters. The number of carbonyl (C=O) groups is 2. The molecule has 0 radical (unpaired) electrons. The van der Waals surface area contributed by atoms with E-state index in [2.05, 4.69) is 29.4 Å². The highest BCUT2D eigenvalue weighted by Crippen LogP contribution is 1.95. The van der Waals surface area contributed by atoms with E-state index >= 15 is 0 Å². The molecule has 112 valence electrons. The van der Waals surface area contributed by atoms with Crippen LogP contribution in [0, 0.1) is 0 Å². The number of nitrogens with one attached hydrogen (secondary N) is 2. The zero-order valence-corrected chi connectivity index (χ0v) is 12.6. The molecule has 0 rings (SSSR count). The number of rotatable bonds is 10. The number of aldehydes is 1. The van der Waals surface area contributed by atoms with Gasteiger partial charge in [0.1, 0.15) is 6.29 Å². The van der Waals surface area contributed by atoms with Crippen LogP contribution in [0.4, 0.5) is 4.79 Å². The highest BCUT2D eigenvalue weighted by atomic mass is 16.2. The molecule has 19 heavy (non-hydrogen) atoms. The molecule has 0 aliphatic heterocycles. The van der Waals surface area contributed by atoms with E-state index < -0.39 is 0 Å². The first-order valence-corrected chi connectivity index (χ1v) is 6.89. The fourth-order valence-electron chi connectivity index (χ4n) is 1.73. The average molecular weight is 272 g/mol. The largest absolute Gasteiger partial charge is 0.337 e. The van der Waals surface area contributed by atoms with Crippen LogP contribution in [0.15, 0.2) is 0 Å². The molecule has 2 amide bonds. The van der Waals surface area contributed by atoms with Gasteiger partial charge in [-0.1, -0.05) is 13.8 Å². The summed E-state index contributed by atoms with van der Waals surface area (Å²) in [7, 11) is 3.79. The van der Waals surface area contributed by atoms with Crippen molar-refractivity contribution in [2.75, 3.05) is 46.8 Å². The van der Waals surface area contributed by atoms with Crippen LogP contribution in [0.25, 0.3) is 0 Å². The molecular formula is C13H28N4O2. The van der Waals surface area contributed by atoms with Gasteiger partial charge in [-0.05, 0) is 27.2 Å². The van der Waals surface area contributed by atoms with E-state index in [1.807, 2.05) is 19.0 Å². The fraction of sp³-hybridized carbons (Fsp3) is 0.846. The number of nitrogens with zero attached hydrogens (tertiary/aromatic N) is 2. The zero-order chi connectivity index (χ0) is 14.7. The van der Waals surface area contributed by atoms with E-state index in [9.17, 15) is 9.59 Å². The molecule has 0 saturated heterocycles. The Balaban J connectivity index is 3.82. The van der Waals surface area contributed by atoms with Crippen molar-refractivity contribution in [2.24, 2.45) is 0 Å². The summed E-state index contributed by atoms with van der Waals surface area (Å²) in [6.45, 7) is 8.14. The first-order chi connectivity index (χ1) is 9.04. The summed E-state index contributed by atoms with van der Waals surface area (Å²) in [6.07, 6.45) is 1.30. The normalized spacial score (nSPS) is 12.5. The summed E-state index contributed by atoms with van der Waals surface area (Å²) in [5.41, 5.74) is 0. The lowest BCUT2D eigenvalue weighted by Crippen LogP contribution is -2.45. The van der Waals surface area contributed by atoms with Gasteiger partial charge in [0.25, 0.3) is 0 Å². The van der Waals surface area contributed by atoms with E-state index in [1.165, 1.54) is 0 Å². The second kappa shape index (κ2) is 10.8. The minimum Gasteiger partial charge on any atom is -0.337 e. The molecule has 1 unspecified atom stereocenters. The van der Waals surface area contributed by atoms with Gasteiger partial charge in [-0.3, -0.25) is 0 Å². The van der Waals surface area contributed by atoms with Gasteiger partial charge in [-0.25, -0.2) is 4.79 Å². The summed E-state index contributed by atoms with van der Waals surface area (Å²) in [5, 5.41) is 5.61. The fourth-order valence-corrected chi connectivity index (χ4v) is 1.73. The standard InChI is InChI=1S/C13H28N4O2/c1-5-17(6-2)9-8-14-13(19)15-11-12(7-10-18)16(3)4/h10,12H,5-9,11H2,1-4H3,(H2,14,15,19). The predicted molar refractivity (Wildman–Crippen MR) is 77.3 cm³/mol. The second-order valence-corrected chi connectivity index (χ2v) is 4.68. The number of hydrogen-bond acceptors (Lipinski definition) is 4. The Labute approximate surface area is 116 Å². The number of amides is 2. The second-order valence-electron chi connectivity index (χ2n) is 4.68. The monoisotopic (exact) mass is 272 g/mol. The highest BCUT2D eigenvalue weighted by Gasteiger charge is 2.11. The Morgan fingerprint density at radius 2 is 1.84 bits per heavy atom. The van der Waals surface area contributed by atoms with E-state index in [0.29, 0.717) is 19.5 Å². The summed E-state index contributed by atoms with van der Waals surface area (Å²) in [6, 6.07) is -0.129. The average Bonchev–Trinajstić information content (AvgIpc) is 2.39. The lowest BCUT2D eigenvalue weighted by Gasteiger charge is -2.23. The van der Waals surface area contributed by atoms with E-state index in [1.54, 1.807) is 0 Å². The van der Waals surface area contributed by atoms with Crippen LogP contribution in [0.1, 0.15) is 20.3 Å². The summed E-state index contributed by atoms with van der Waals surface area (Å²) >= 11 is 0. The Morgan fingerprint density at radius 1 is 1.21 bits per heavy atom. The van der Waals surface area contributed by atoms with Crippen molar-refractivity contribution in [1.29, 1.82) is 0 Å². The molecular weight excluding hydrogens is 244 g/mol. The van der Waals surface area contributed by atoms with Gasteiger partial charge in [0, 0.05) is 32.1 Å². The third kappa shape index (κ3) is 8.56. The summed E-state index contributed by atoms with van der Waals surface area (Å²) < 4.78 is 0. The molecule has 0 aliphatic rings. The van der Waals surface area contributed by atoms with Gasteiger partial charge in [-0.15, -0.1) is 0 Å². The maximum Gasteiger partial charge on any atom is 0.314 e. The van der Waals surface area contributed by atoms with Crippen molar-refractivity contribution in [1.82, 2.24) is 20.4 Å². The lowest BCUT2D eigenvalue weighted by atomic mass is 10.2. The number of hydrogen-bond donors (Lipinski definition) is 2. The van der Waals surface area contributed by atoms with Gasteiger partial charge in [0.05, 0.1) is 0 Å². The Hall–Kier alpha value is -1.14. The molecule has 0 bridgehead atoms. The van der Waals surface area contributed by atoms with E-state index in [0.717, 1.165) is 25.9 Å². The van der Waals surface area contributed by atoms with Crippen LogP contribution in [-0.4, -0.2) is 75.0 Å². The maximum atomic E-state index is 11.6. The summed E-state index contributed by atoms with van der Waals surface area (Å²) in [5.74, 6) is 0. The minimum absolute atomic E-state index is 0.0473. The molecule has 0 aliphatic carbocycles. The van der Waals surface area contributed by atoms with Crippen LogP contribution >= 0.6 is 0 Å². The van der Waals surface area contributed by atoms with Crippen LogP contribution in [0.5, 0.6) is 0 Å². The lowest BCUT2D eigenvalue weighted by molar-refractivity contribution is -0.108. The Bertz CT molecular complexity index is 255. The van der Waals surface area contributed by atoms with Gasteiger partial charge < -0.3 is 25.2 Å². The SMILES string of the molecule is CCN(CC)CCNC(=O)NCC(CC=O)N(C)C. The van der Waals surface area contributed by atoms with E-state index in [4.69, 9.17) is 0 Å². The topological polar surface area (TPSA) is 64.7 Å². The number of carbonyl (C=O) groups excluding carboxylic acids is 2. The molecule has 0 fully saturated rings. The number of likely N-dealkylation sites (N-methyl/N-ethyl adjacent to an activating group) is 2. The molecule has 0 saturated carbocycles. The first-order valence-electron chi connectivity index (χ1n) is 6.89.